The largest absolute Gasteiger partial charge is 0.336 e. The fraction of sp³-hybridized carbons (Fsp3) is 0.353. The number of hydrogen-bond donors (Lipinski definition) is 1. The molecule has 0 saturated carbocycles. The van der Waals surface area contributed by atoms with Gasteiger partial charge in [-0.3, -0.25) is 14.5 Å². The molecule has 2 aliphatic rings. The van der Waals surface area contributed by atoms with Crippen molar-refractivity contribution in [3.05, 3.63) is 42.7 Å². The molecule has 4 rings (SSSR count). The molecule has 0 spiro atoms. The van der Waals surface area contributed by atoms with Crippen LogP contribution in [0.25, 0.3) is 0 Å². The summed E-state index contributed by atoms with van der Waals surface area (Å²) in [5, 5.41) is 4.77. The Labute approximate surface area is 166 Å². The van der Waals surface area contributed by atoms with E-state index in [9.17, 15) is 14.4 Å². The summed E-state index contributed by atoms with van der Waals surface area (Å²) >= 11 is 6.47. The third-order valence-electron chi connectivity index (χ3n) is 4.79. The lowest BCUT2D eigenvalue weighted by Crippen LogP contribution is -2.45. The highest BCUT2D eigenvalue weighted by atomic mass is 79.9. The zero-order valence-electron chi connectivity index (χ0n) is 14.0. The molecule has 26 heavy (non-hydrogen) atoms. The standard InChI is InChI=1S/C17H16BrN3O3S2/c1-17(12-2-3-13(18)26-12)15(23)21(16(24)19-17)9-14(22)20-6-4-11-10(8-20)5-7-25-11/h2-3,5,7H,4,6,8-9H2,1H3,(H,19,24). The van der Waals surface area contributed by atoms with Gasteiger partial charge in [-0.2, -0.15) is 0 Å². The van der Waals surface area contributed by atoms with E-state index in [0.29, 0.717) is 13.1 Å². The number of thiophene rings is 2. The van der Waals surface area contributed by atoms with Crippen molar-refractivity contribution in [3.8, 4) is 0 Å². The molecule has 0 aliphatic carbocycles. The number of rotatable bonds is 3. The molecule has 1 fully saturated rings. The molecule has 4 heterocycles. The lowest BCUT2D eigenvalue weighted by Gasteiger charge is -2.28. The fourth-order valence-electron chi connectivity index (χ4n) is 3.29. The van der Waals surface area contributed by atoms with Crippen molar-refractivity contribution in [3.63, 3.8) is 0 Å². The molecular formula is C17H16BrN3O3S2. The molecule has 1 saturated heterocycles. The third-order valence-corrected chi connectivity index (χ3v) is 7.66. The van der Waals surface area contributed by atoms with E-state index in [2.05, 4.69) is 21.2 Å². The minimum Gasteiger partial charge on any atom is -0.336 e. The van der Waals surface area contributed by atoms with Gasteiger partial charge in [-0.1, -0.05) is 0 Å². The van der Waals surface area contributed by atoms with Crippen LogP contribution in [0.4, 0.5) is 4.79 Å². The Bertz CT molecular complexity index is 909. The van der Waals surface area contributed by atoms with E-state index >= 15 is 0 Å². The van der Waals surface area contributed by atoms with Gasteiger partial charge in [0.1, 0.15) is 6.54 Å². The highest BCUT2D eigenvalue weighted by molar-refractivity contribution is 9.11. The molecule has 0 bridgehead atoms. The lowest BCUT2D eigenvalue weighted by atomic mass is 10.0. The summed E-state index contributed by atoms with van der Waals surface area (Å²) in [5.41, 5.74) is 0.0244. The van der Waals surface area contributed by atoms with Crippen LogP contribution in [0.1, 0.15) is 22.2 Å². The summed E-state index contributed by atoms with van der Waals surface area (Å²) in [7, 11) is 0. The number of carbonyl (C=O) groups is 3. The van der Waals surface area contributed by atoms with Gasteiger partial charge in [-0.05, 0) is 58.4 Å². The van der Waals surface area contributed by atoms with Gasteiger partial charge in [0.2, 0.25) is 5.91 Å². The Kier molecular flexibility index (Phi) is 4.40. The molecule has 6 nitrogen and oxygen atoms in total. The van der Waals surface area contributed by atoms with Crippen molar-refractivity contribution in [2.75, 3.05) is 13.1 Å². The minimum atomic E-state index is -1.13. The number of carbonyl (C=O) groups excluding carboxylic acids is 3. The van der Waals surface area contributed by atoms with E-state index in [0.717, 1.165) is 25.5 Å². The number of halogens is 1. The van der Waals surface area contributed by atoms with Crippen LogP contribution in [0.5, 0.6) is 0 Å². The Balaban J connectivity index is 1.49. The monoisotopic (exact) mass is 453 g/mol. The number of fused-ring (bicyclic) bond motifs is 1. The van der Waals surface area contributed by atoms with Crippen LogP contribution in [-0.4, -0.2) is 40.7 Å². The SMILES string of the molecule is CC1(c2ccc(Br)s2)NC(=O)N(CC(=O)N2CCc3sccc3C2)C1=O. The van der Waals surface area contributed by atoms with Gasteiger partial charge in [-0.15, -0.1) is 22.7 Å². The first-order chi connectivity index (χ1) is 12.4. The van der Waals surface area contributed by atoms with Crippen LogP contribution < -0.4 is 5.32 Å². The van der Waals surface area contributed by atoms with Gasteiger partial charge in [0, 0.05) is 22.8 Å². The van der Waals surface area contributed by atoms with Crippen molar-refractivity contribution in [2.24, 2.45) is 0 Å². The first-order valence-electron chi connectivity index (χ1n) is 8.11. The van der Waals surface area contributed by atoms with Crippen molar-refractivity contribution in [2.45, 2.75) is 25.4 Å². The number of imide groups is 1. The second-order valence-electron chi connectivity index (χ2n) is 6.48. The summed E-state index contributed by atoms with van der Waals surface area (Å²) in [5.74, 6) is -0.597. The van der Waals surface area contributed by atoms with Crippen LogP contribution in [0.15, 0.2) is 27.4 Å². The Morgan fingerprint density at radius 3 is 2.88 bits per heavy atom. The first-order valence-corrected chi connectivity index (χ1v) is 10.6. The Morgan fingerprint density at radius 1 is 1.35 bits per heavy atom. The molecule has 2 aromatic heterocycles. The van der Waals surface area contributed by atoms with E-state index in [4.69, 9.17) is 0 Å². The van der Waals surface area contributed by atoms with E-state index in [1.165, 1.54) is 16.2 Å². The molecular weight excluding hydrogens is 438 g/mol. The molecule has 0 aromatic carbocycles. The molecule has 9 heteroatoms. The first kappa shape index (κ1) is 17.7. The smallest absolute Gasteiger partial charge is 0.325 e. The number of urea groups is 1. The molecule has 1 unspecified atom stereocenters. The molecule has 1 N–H and O–H groups in total. The van der Waals surface area contributed by atoms with Crippen LogP contribution in [0.3, 0.4) is 0 Å². The van der Waals surface area contributed by atoms with Crippen molar-refractivity contribution in [1.29, 1.82) is 0 Å². The predicted molar refractivity (Wildman–Crippen MR) is 103 cm³/mol. The van der Waals surface area contributed by atoms with Gasteiger partial charge in [0.05, 0.1) is 3.79 Å². The van der Waals surface area contributed by atoms with E-state index < -0.39 is 17.5 Å². The lowest BCUT2D eigenvalue weighted by molar-refractivity contribution is -0.139. The summed E-state index contributed by atoms with van der Waals surface area (Å²) in [6, 6.07) is 5.15. The zero-order valence-corrected chi connectivity index (χ0v) is 17.2. The maximum atomic E-state index is 12.9. The van der Waals surface area contributed by atoms with Gasteiger partial charge >= 0.3 is 6.03 Å². The summed E-state index contributed by atoms with van der Waals surface area (Å²) in [6.45, 7) is 2.60. The zero-order chi connectivity index (χ0) is 18.5. The van der Waals surface area contributed by atoms with E-state index in [1.54, 1.807) is 29.2 Å². The fourth-order valence-corrected chi connectivity index (χ4v) is 5.66. The van der Waals surface area contributed by atoms with Crippen LogP contribution >= 0.6 is 38.6 Å². The average molecular weight is 454 g/mol. The second-order valence-corrected chi connectivity index (χ2v) is 9.95. The molecule has 2 aliphatic heterocycles. The topological polar surface area (TPSA) is 69.7 Å². The number of nitrogens with zero attached hydrogens (tertiary/aromatic N) is 2. The molecule has 0 radical (unpaired) electrons. The number of nitrogens with one attached hydrogen (secondary N) is 1. The van der Waals surface area contributed by atoms with Crippen molar-refractivity contribution < 1.29 is 14.4 Å². The Hall–Kier alpha value is -1.71. The second kappa shape index (κ2) is 6.47. The van der Waals surface area contributed by atoms with E-state index in [-0.39, 0.29) is 12.5 Å². The summed E-state index contributed by atoms with van der Waals surface area (Å²) < 4.78 is 0.880. The third kappa shape index (κ3) is 2.87. The van der Waals surface area contributed by atoms with Gasteiger partial charge in [0.25, 0.3) is 5.91 Å². The van der Waals surface area contributed by atoms with Crippen LogP contribution in [0.2, 0.25) is 0 Å². The normalized spacial score (nSPS) is 22.5. The molecule has 4 amide bonds. The van der Waals surface area contributed by atoms with Gasteiger partial charge in [-0.25, -0.2) is 4.79 Å². The molecule has 2 aromatic rings. The highest BCUT2D eigenvalue weighted by Crippen LogP contribution is 2.35. The van der Waals surface area contributed by atoms with Gasteiger partial charge < -0.3 is 10.2 Å². The summed E-state index contributed by atoms with van der Waals surface area (Å²) in [6.07, 6.45) is 0.819. The van der Waals surface area contributed by atoms with E-state index in [1.807, 2.05) is 17.5 Å². The minimum absolute atomic E-state index is 0.207. The number of hydrogen-bond acceptors (Lipinski definition) is 5. The Morgan fingerprint density at radius 2 is 2.15 bits per heavy atom. The molecule has 136 valence electrons. The average Bonchev–Trinajstić information content (AvgIpc) is 3.30. The predicted octanol–water partition coefficient (Wildman–Crippen LogP) is 2.92. The number of amides is 4. The molecule has 1 atom stereocenters. The highest BCUT2D eigenvalue weighted by Gasteiger charge is 2.50. The maximum Gasteiger partial charge on any atom is 0.325 e. The maximum absolute atomic E-state index is 12.9. The van der Waals surface area contributed by atoms with Crippen molar-refractivity contribution in [1.82, 2.24) is 15.1 Å². The summed E-state index contributed by atoms with van der Waals surface area (Å²) in [4.78, 5) is 42.7. The van der Waals surface area contributed by atoms with Crippen molar-refractivity contribution >= 4 is 56.4 Å². The quantitative estimate of drug-likeness (QED) is 0.726. The van der Waals surface area contributed by atoms with Crippen LogP contribution in [-0.2, 0) is 28.1 Å². The van der Waals surface area contributed by atoms with Gasteiger partial charge in [0.15, 0.2) is 5.54 Å². The van der Waals surface area contributed by atoms with Crippen LogP contribution in [0, 0.1) is 0 Å².